The molecule has 6 heteroatoms. The van der Waals surface area contributed by atoms with Crippen LogP contribution in [0.5, 0.6) is 5.75 Å². The first kappa shape index (κ1) is 22.8. The van der Waals surface area contributed by atoms with Gasteiger partial charge in [-0.1, -0.05) is 24.3 Å². The molecule has 1 aliphatic carbocycles. The number of hydrogen-bond donors (Lipinski definition) is 1. The molecule has 2 atom stereocenters. The van der Waals surface area contributed by atoms with E-state index in [1.54, 1.807) is 33.1 Å². The number of allylic oxidation sites excluding steroid dienone is 3. The normalized spacial score (nSPS) is 20.5. The number of rotatable bonds is 5. The van der Waals surface area contributed by atoms with Crippen LogP contribution in [0.1, 0.15) is 56.6 Å². The topological polar surface area (TPSA) is 64.6 Å². The van der Waals surface area contributed by atoms with Crippen molar-refractivity contribution in [2.45, 2.75) is 51.6 Å². The first-order valence-electron chi connectivity index (χ1n) is 11.1. The summed E-state index contributed by atoms with van der Waals surface area (Å²) in [6.45, 7) is 5.39. The SMILES string of the molecule is COc1ccc([C@@H]2CC(=O)C3=C(C2)NC(C)=C(C(=O)OC(C)C)[C@@H]3c2ccc(F)cc2)cc1. The van der Waals surface area contributed by atoms with Gasteiger partial charge in [-0.15, -0.1) is 0 Å². The maximum atomic E-state index is 13.7. The van der Waals surface area contributed by atoms with Crippen molar-refractivity contribution in [1.29, 1.82) is 0 Å². The second-order valence-corrected chi connectivity index (χ2v) is 8.80. The van der Waals surface area contributed by atoms with Crippen LogP contribution in [0.25, 0.3) is 0 Å². The molecular formula is C27H28FNO4. The maximum Gasteiger partial charge on any atom is 0.337 e. The number of methoxy groups -OCH3 is 1. The molecule has 0 saturated heterocycles. The van der Waals surface area contributed by atoms with Crippen LogP contribution in [0.4, 0.5) is 4.39 Å². The molecule has 1 N–H and O–H groups in total. The molecule has 1 heterocycles. The first-order valence-corrected chi connectivity index (χ1v) is 11.1. The third-order valence-corrected chi connectivity index (χ3v) is 6.18. The second kappa shape index (κ2) is 9.22. The molecule has 0 spiro atoms. The molecule has 0 aromatic heterocycles. The van der Waals surface area contributed by atoms with Gasteiger partial charge in [-0.05, 0) is 68.5 Å². The second-order valence-electron chi connectivity index (χ2n) is 8.80. The van der Waals surface area contributed by atoms with Gasteiger partial charge in [0.2, 0.25) is 0 Å². The smallest absolute Gasteiger partial charge is 0.337 e. The Balaban J connectivity index is 1.76. The molecule has 33 heavy (non-hydrogen) atoms. The highest BCUT2D eigenvalue weighted by Gasteiger charge is 2.41. The number of ketones is 1. The molecule has 172 valence electrons. The van der Waals surface area contributed by atoms with Crippen LogP contribution in [0.2, 0.25) is 0 Å². The Morgan fingerprint density at radius 1 is 1.03 bits per heavy atom. The first-order chi connectivity index (χ1) is 15.8. The number of hydrogen-bond acceptors (Lipinski definition) is 5. The van der Waals surface area contributed by atoms with Gasteiger partial charge in [-0.25, -0.2) is 9.18 Å². The fourth-order valence-corrected chi connectivity index (χ4v) is 4.69. The van der Waals surface area contributed by atoms with Gasteiger partial charge in [0.25, 0.3) is 0 Å². The minimum Gasteiger partial charge on any atom is -0.497 e. The lowest BCUT2D eigenvalue weighted by Gasteiger charge is -2.37. The van der Waals surface area contributed by atoms with E-state index < -0.39 is 11.9 Å². The number of halogens is 1. The van der Waals surface area contributed by atoms with Crippen LogP contribution in [-0.2, 0) is 14.3 Å². The summed E-state index contributed by atoms with van der Waals surface area (Å²) in [6, 6.07) is 13.7. The number of Topliss-reactive ketones (excluding diaryl/α,β-unsaturated/α-hetero) is 1. The van der Waals surface area contributed by atoms with Gasteiger partial charge in [-0.3, -0.25) is 4.79 Å². The van der Waals surface area contributed by atoms with Crippen LogP contribution in [0, 0.1) is 5.82 Å². The van der Waals surface area contributed by atoms with Crippen molar-refractivity contribution in [2.75, 3.05) is 7.11 Å². The zero-order valence-electron chi connectivity index (χ0n) is 19.3. The minimum absolute atomic E-state index is 0.0143. The third-order valence-electron chi connectivity index (χ3n) is 6.18. The van der Waals surface area contributed by atoms with Gasteiger partial charge in [0.15, 0.2) is 5.78 Å². The predicted molar refractivity (Wildman–Crippen MR) is 123 cm³/mol. The Hall–Kier alpha value is -3.41. The standard InChI is InChI=1S/C27H28FNO4/c1-15(2)33-27(31)24-16(3)29-22-13-19(17-7-11-21(32-4)12-8-17)14-23(30)26(22)25(24)18-5-9-20(28)10-6-18/h5-12,15,19,25,29H,13-14H2,1-4H3/t19-,25-/m0/s1. The van der Waals surface area contributed by atoms with Crippen molar-refractivity contribution in [2.24, 2.45) is 0 Å². The molecule has 2 aromatic rings. The van der Waals surface area contributed by atoms with E-state index >= 15 is 0 Å². The summed E-state index contributed by atoms with van der Waals surface area (Å²) in [5.74, 6) is -0.691. The van der Waals surface area contributed by atoms with E-state index in [1.807, 2.05) is 31.2 Å². The van der Waals surface area contributed by atoms with Gasteiger partial charge in [0.1, 0.15) is 11.6 Å². The van der Waals surface area contributed by atoms with Gasteiger partial charge >= 0.3 is 5.97 Å². The lowest BCUT2D eigenvalue weighted by molar-refractivity contribution is -0.143. The number of carbonyl (C=O) groups is 2. The highest BCUT2D eigenvalue weighted by atomic mass is 19.1. The fraction of sp³-hybridized carbons (Fsp3) is 0.333. The van der Waals surface area contributed by atoms with E-state index in [2.05, 4.69) is 5.32 Å². The van der Waals surface area contributed by atoms with Crippen molar-refractivity contribution in [3.05, 3.63) is 88.0 Å². The van der Waals surface area contributed by atoms with Crippen molar-refractivity contribution in [3.8, 4) is 5.75 Å². The monoisotopic (exact) mass is 449 g/mol. The molecule has 4 rings (SSSR count). The lowest BCUT2D eigenvalue weighted by atomic mass is 9.71. The van der Waals surface area contributed by atoms with E-state index in [0.29, 0.717) is 35.2 Å². The van der Waals surface area contributed by atoms with Crippen molar-refractivity contribution < 1.29 is 23.5 Å². The van der Waals surface area contributed by atoms with E-state index in [4.69, 9.17) is 9.47 Å². The Morgan fingerprint density at radius 2 is 1.67 bits per heavy atom. The Morgan fingerprint density at radius 3 is 2.27 bits per heavy atom. The molecule has 5 nitrogen and oxygen atoms in total. The summed E-state index contributed by atoms with van der Waals surface area (Å²) in [5.41, 5.74) is 4.16. The molecule has 0 radical (unpaired) electrons. The van der Waals surface area contributed by atoms with Crippen LogP contribution in [-0.4, -0.2) is 25.0 Å². The molecular weight excluding hydrogens is 421 g/mol. The molecule has 0 bridgehead atoms. The molecule has 0 fully saturated rings. The highest BCUT2D eigenvalue weighted by Crippen LogP contribution is 2.45. The summed E-state index contributed by atoms with van der Waals surface area (Å²) in [6.07, 6.45) is 0.661. The summed E-state index contributed by atoms with van der Waals surface area (Å²) < 4.78 is 24.4. The van der Waals surface area contributed by atoms with Gasteiger partial charge in [0, 0.05) is 29.3 Å². The molecule has 0 saturated carbocycles. The van der Waals surface area contributed by atoms with Crippen molar-refractivity contribution in [1.82, 2.24) is 5.32 Å². The average molecular weight is 450 g/mol. The van der Waals surface area contributed by atoms with E-state index in [1.165, 1.54) is 12.1 Å². The number of esters is 1. The summed E-state index contributed by atoms with van der Waals surface area (Å²) in [7, 11) is 1.62. The third kappa shape index (κ3) is 4.56. The Kier molecular flexibility index (Phi) is 6.36. The quantitative estimate of drug-likeness (QED) is 0.640. The summed E-state index contributed by atoms with van der Waals surface area (Å²) in [5, 5.41) is 3.33. The van der Waals surface area contributed by atoms with Crippen LogP contribution >= 0.6 is 0 Å². The number of benzene rings is 2. The maximum absolute atomic E-state index is 13.7. The van der Waals surface area contributed by atoms with Gasteiger partial charge in [0.05, 0.1) is 18.8 Å². The molecule has 2 aliphatic rings. The summed E-state index contributed by atoms with van der Waals surface area (Å²) in [4.78, 5) is 26.6. The zero-order chi connectivity index (χ0) is 23.7. The number of dihydropyridines is 1. The number of carbonyl (C=O) groups excluding carboxylic acids is 2. The number of nitrogens with one attached hydrogen (secondary N) is 1. The van der Waals surface area contributed by atoms with Crippen LogP contribution < -0.4 is 10.1 Å². The fourth-order valence-electron chi connectivity index (χ4n) is 4.69. The molecule has 0 amide bonds. The van der Waals surface area contributed by atoms with Gasteiger partial charge < -0.3 is 14.8 Å². The Bertz CT molecular complexity index is 1130. The molecule has 2 aromatic carbocycles. The lowest BCUT2D eigenvalue weighted by Crippen LogP contribution is -2.36. The minimum atomic E-state index is -0.600. The van der Waals surface area contributed by atoms with Crippen molar-refractivity contribution >= 4 is 11.8 Å². The van der Waals surface area contributed by atoms with Crippen LogP contribution in [0.15, 0.2) is 71.1 Å². The summed E-state index contributed by atoms with van der Waals surface area (Å²) >= 11 is 0. The molecule has 1 aliphatic heterocycles. The largest absolute Gasteiger partial charge is 0.497 e. The number of ether oxygens (including phenoxy) is 2. The van der Waals surface area contributed by atoms with E-state index in [9.17, 15) is 14.0 Å². The Labute approximate surface area is 193 Å². The van der Waals surface area contributed by atoms with Crippen LogP contribution in [0.3, 0.4) is 0 Å². The highest BCUT2D eigenvalue weighted by molar-refractivity contribution is 6.04. The predicted octanol–water partition coefficient (Wildman–Crippen LogP) is 5.15. The molecule has 0 unspecified atom stereocenters. The van der Waals surface area contributed by atoms with E-state index in [-0.39, 0.29) is 23.6 Å². The van der Waals surface area contributed by atoms with E-state index in [0.717, 1.165) is 17.0 Å². The van der Waals surface area contributed by atoms with Crippen molar-refractivity contribution in [3.63, 3.8) is 0 Å². The average Bonchev–Trinajstić information content (AvgIpc) is 2.78. The zero-order valence-corrected chi connectivity index (χ0v) is 19.3. The van der Waals surface area contributed by atoms with Gasteiger partial charge in [-0.2, -0.15) is 0 Å².